The maximum absolute atomic E-state index is 13.1. The third-order valence-corrected chi connectivity index (χ3v) is 6.17. The highest BCUT2D eigenvalue weighted by atomic mass is 32.2. The normalized spacial score (nSPS) is 19.4. The minimum absolute atomic E-state index is 0.000729. The predicted molar refractivity (Wildman–Crippen MR) is 105 cm³/mol. The van der Waals surface area contributed by atoms with Crippen molar-refractivity contribution in [2.75, 3.05) is 36.4 Å². The molecule has 0 spiro atoms. The Kier molecular flexibility index (Phi) is 5.03. The Morgan fingerprint density at radius 2 is 1.78 bits per heavy atom. The number of hydrogen-bond acceptors (Lipinski definition) is 4. The molecule has 1 N–H and O–H groups in total. The third kappa shape index (κ3) is 3.93. The standard InChI is InChI=1S/C20H20FN3O2S/c21-14-5-7-15(8-6-14)23-9-11-24(12-10-23)19(25)13-18-20(26)22-16-3-1-2-4-17(16)27-18/h1-8,18H,9-13H2,(H,22,26)/t18-/m1/s1. The maximum Gasteiger partial charge on any atom is 0.238 e. The van der Waals surface area contributed by atoms with Crippen LogP contribution in [-0.2, 0) is 9.59 Å². The Labute approximate surface area is 161 Å². The van der Waals surface area contributed by atoms with Crippen molar-refractivity contribution in [3.8, 4) is 0 Å². The van der Waals surface area contributed by atoms with Crippen LogP contribution in [0.2, 0.25) is 0 Å². The second kappa shape index (κ2) is 7.60. The highest BCUT2D eigenvalue weighted by molar-refractivity contribution is 8.01. The fraction of sp³-hybridized carbons (Fsp3) is 0.300. The fourth-order valence-corrected chi connectivity index (χ4v) is 4.48. The van der Waals surface area contributed by atoms with E-state index in [0.29, 0.717) is 26.2 Å². The van der Waals surface area contributed by atoms with Crippen molar-refractivity contribution >= 4 is 35.0 Å². The van der Waals surface area contributed by atoms with E-state index in [0.717, 1.165) is 16.3 Å². The summed E-state index contributed by atoms with van der Waals surface area (Å²) in [7, 11) is 0. The summed E-state index contributed by atoms with van der Waals surface area (Å²) in [5.74, 6) is -0.366. The molecule has 2 amide bonds. The summed E-state index contributed by atoms with van der Waals surface area (Å²) < 4.78 is 13.1. The topological polar surface area (TPSA) is 52.7 Å². The van der Waals surface area contributed by atoms with E-state index in [1.165, 1.54) is 23.9 Å². The quantitative estimate of drug-likeness (QED) is 0.883. The van der Waals surface area contributed by atoms with Crippen molar-refractivity contribution in [1.29, 1.82) is 0 Å². The Hall–Kier alpha value is -2.54. The van der Waals surface area contributed by atoms with Crippen LogP contribution in [-0.4, -0.2) is 48.1 Å². The zero-order chi connectivity index (χ0) is 18.8. The molecule has 2 heterocycles. The number of piperazine rings is 1. The van der Waals surface area contributed by atoms with Gasteiger partial charge in [0.05, 0.1) is 10.9 Å². The zero-order valence-corrected chi connectivity index (χ0v) is 15.5. The van der Waals surface area contributed by atoms with Gasteiger partial charge in [-0.3, -0.25) is 9.59 Å². The molecule has 2 aromatic rings. The number of hydrogen-bond donors (Lipinski definition) is 1. The highest BCUT2D eigenvalue weighted by Gasteiger charge is 2.31. The van der Waals surface area contributed by atoms with Gasteiger partial charge in [0.15, 0.2) is 0 Å². The Morgan fingerprint density at radius 3 is 2.52 bits per heavy atom. The molecule has 7 heteroatoms. The monoisotopic (exact) mass is 385 g/mol. The SMILES string of the molecule is O=C1Nc2ccccc2S[C@@H]1CC(=O)N1CCN(c2ccc(F)cc2)CC1. The van der Waals surface area contributed by atoms with E-state index in [1.54, 1.807) is 12.1 Å². The number of halogens is 1. The van der Waals surface area contributed by atoms with Crippen LogP contribution < -0.4 is 10.2 Å². The molecule has 0 aromatic heterocycles. The first-order valence-corrected chi connectivity index (χ1v) is 9.83. The highest BCUT2D eigenvalue weighted by Crippen LogP contribution is 2.36. The van der Waals surface area contributed by atoms with Gasteiger partial charge in [0.25, 0.3) is 0 Å². The van der Waals surface area contributed by atoms with Crippen LogP contribution >= 0.6 is 11.8 Å². The lowest BCUT2D eigenvalue weighted by Gasteiger charge is -2.36. The Bertz CT molecular complexity index is 851. The molecule has 0 unspecified atom stereocenters. The molecule has 2 aliphatic rings. The van der Waals surface area contributed by atoms with E-state index in [1.807, 2.05) is 29.2 Å². The molecule has 1 atom stereocenters. The van der Waals surface area contributed by atoms with E-state index in [4.69, 9.17) is 0 Å². The van der Waals surface area contributed by atoms with Crippen molar-refractivity contribution < 1.29 is 14.0 Å². The van der Waals surface area contributed by atoms with E-state index in [9.17, 15) is 14.0 Å². The summed E-state index contributed by atoms with van der Waals surface area (Å²) in [4.78, 5) is 29.9. The number of carbonyl (C=O) groups excluding carboxylic acids is 2. The number of carbonyl (C=O) groups is 2. The molecule has 2 aliphatic heterocycles. The van der Waals surface area contributed by atoms with Crippen LogP contribution in [0, 0.1) is 5.82 Å². The summed E-state index contributed by atoms with van der Waals surface area (Å²) >= 11 is 1.45. The van der Waals surface area contributed by atoms with Gasteiger partial charge in [-0.15, -0.1) is 11.8 Å². The second-order valence-electron chi connectivity index (χ2n) is 6.64. The van der Waals surface area contributed by atoms with E-state index < -0.39 is 5.25 Å². The number of nitrogens with zero attached hydrogens (tertiary/aromatic N) is 2. The van der Waals surface area contributed by atoms with Crippen LogP contribution in [0.3, 0.4) is 0 Å². The van der Waals surface area contributed by atoms with E-state index in [2.05, 4.69) is 10.2 Å². The summed E-state index contributed by atoms with van der Waals surface area (Å²) in [6, 6.07) is 14.0. The predicted octanol–water partition coefficient (Wildman–Crippen LogP) is 2.98. The lowest BCUT2D eigenvalue weighted by atomic mass is 10.2. The third-order valence-electron chi connectivity index (χ3n) is 4.89. The minimum atomic E-state index is -0.400. The van der Waals surface area contributed by atoms with Crippen molar-refractivity contribution in [3.05, 3.63) is 54.3 Å². The van der Waals surface area contributed by atoms with E-state index >= 15 is 0 Å². The molecule has 27 heavy (non-hydrogen) atoms. The van der Waals surface area contributed by atoms with Gasteiger partial charge in [-0.05, 0) is 36.4 Å². The van der Waals surface area contributed by atoms with Gasteiger partial charge in [0.1, 0.15) is 5.82 Å². The molecule has 140 valence electrons. The molecule has 0 aliphatic carbocycles. The summed E-state index contributed by atoms with van der Waals surface area (Å²) in [6.07, 6.45) is 0.196. The van der Waals surface area contributed by atoms with Crippen LogP contribution in [0.4, 0.5) is 15.8 Å². The smallest absolute Gasteiger partial charge is 0.238 e. The van der Waals surface area contributed by atoms with Gasteiger partial charge in [0, 0.05) is 43.2 Å². The lowest BCUT2D eigenvalue weighted by molar-refractivity contribution is -0.132. The first-order chi connectivity index (χ1) is 13.1. The second-order valence-corrected chi connectivity index (χ2v) is 7.88. The molecule has 0 bridgehead atoms. The van der Waals surface area contributed by atoms with Gasteiger partial charge in [-0.1, -0.05) is 12.1 Å². The number of anilines is 2. The molecule has 0 radical (unpaired) electrons. The molecule has 0 saturated carbocycles. The van der Waals surface area contributed by atoms with Gasteiger partial charge in [-0.25, -0.2) is 4.39 Å². The average Bonchev–Trinajstić information content (AvgIpc) is 2.69. The first-order valence-electron chi connectivity index (χ1n) is 8.95. The number of fused-ring (bicyclic) bond motifs is 1. The average molecular weight is 385 g/mol. The number of nitrogens with one attached hydrogen (secondary N) is 1. The zero-order valence-electron chi connectivity index (χ0n) is 14.7. The van der Waals surface area contributed by atoms with Crippen LogP contribution in [0.15, 0.2) is 53.4 Å². The molecule has 2 aromatic carbocycles. The molecule has 4 rings (SSSR count). The van der Waals surface area contributed by atoms with Crippen molar-refractivity contribution in [3.63, 3.8) is 0 Å². The molecule has 5 nitrogen and oxygen atoms in total. The largest absolute Gasteiger partial charge is 0.368 e. The molecule has 1 saturated heterocycles. The number of rotatable bonds is 3. The van der Waals surface area contributed by atoms with Crippen LogP contribution in [0.1, 0.15) is 6.42 Å². The first kappa shape index (κ1) is 17.9. The maximum atomic E-state index is 13.1. The van der Waals surface area contributed by atoms with Crippen molar-refractivity contribution in [2.24, 2.45) is 0 Å². The minimum Gasteiger partial charge on any atom is -0.368 e. The van der Waals surface area contributed by atoms with Crippen molar-refractivity contribution in [1.82, 2.24) is 4.90 Å². The van der Waals surface area contributed by atoms with Gasteiger partial charge < -0.3 is 15.1 Å². The molecular formula is C20H20FN3O2S. The van der Waals surface area contributed by atoms with Gasteiger partial charge in [0.2, 0.25) is 11.8 Å². The number of para-hydroxylation sites is 1. The molecule has 1 fully saturated rings. The summed E-state index contributed by atoms with van der Waals surface area (Å²) in [6.45, 7) is 2.60. The summed E-state index contributed by atoms with van der Waals surface area (Å²) in [5, 5.41) is 2.48. The lowest BCUT2D eigenvalue weighted by Crippen LogP contribution is -2.49. The summed E-state index contributed by atoms with van der Waals surface area (Å²) in [5.41, 5.74) is 1.77. The van der Waals surface area contributed by atoms with Crippen molar-refractivity contribution in [2.45, 2.75) is 16.6 Å². The fourth-order valence-electron chi connectivity index (χ4n) is 3.38. The Balaban J connectivity index is 1.33. The Morgan fingerprint density at radius 1 is 1.07 bits per heavy atom. The molecular weight excluding hydrogens is 365 g/mol. The number of amides is 2. The van der Waals surface area contributed by atoms with Gasteiger partial charge in [-0.2, -0.15) is 0 Å². The number of benzene rings is 2. The van der Waals surface area contributed by atoms with E-state index in [-0.39, 0.29) is 24.1 Å². The number of thioether (sulfide) groups is 1. The van der Waals surface area contributed by atoms with Crippen LogP contribution in [0.25, 0.3) is 0 Å². The van der Waals surface area contributed by atoms with Crippen LogP contribution in [0.5, 0.6) is 0 Å². The van der Waals surface area contributed by atoms with Gasteiger partial charge >= 0.3 is 0 Å².